The maximum absolute atomic E-state index is 12.3. The molecule has 0 spiro atoms. The lowest BCUT2D eigenvalue weighted by Crippen LogP contribution is -2.21. The third-order valence-electron chi connectivity index (χ3n) is 4.95. The molecule has 1 N–H and O–H groups in total. The van der Waals surface area contributed by atoms with Crippen molar-refractivity contribution in [3.8, 4) is 0 Å². The molecule has 0 amide bonds. The molecule has 1 saturated carbocycles. The minimum absolute atomic E-state index is 0.147. The average Bonchev–Trinajstić information content (AvgIpc) is 2.63. The molecule has 0 aliphatic heterocycles. The van der Waals surface area contributed by atoms with Crippen LogP contribution in [0.15, 0.2) is 4.79 Å². The lowest BCUT2D eigenvalue weighted by atomic mass is 9.90. The molecule has 0 radical (unpaired) electrons. The Labute approximate surface area is 121 Å². The third kappa shape index (κ3) is 3.13. The van der Waals surface area contributed by atoms with Crippen molar-refractivity contribution in [2.45, 2.75) is 83.0 Å². The van der Waals surface area contributed by atoms with Crippen LogP contribution in [0.5, 0.6) is 0 Å². The Kier molecular flexibility index (Phi) is 4.54. The van der Waals surface area contributed by atoms with E-state index in [0.29, 0.717) is 5.92 Å². The van der Waals surface area contributed by atoms with E-state index in [1.54, 1.807) is 0 Å². The fourth-order valence-corrected chi connectivity index (χ4v) is 3.72. The number of hydrogen-bond donors (Lipinski definition) is 1. The van der Waals surface area contributed by atoms with Gasteiger partial charge in [0.15, 0.2) is 0 Å². The number of aryl methyl sites for hydroxylation is 1. The van der Waals surface area contributed by atoms with Crippen LogP contribution >= 0.6 is 0 Å². The molecule has 1 aromatic rings. The van der Waals surface area contributed by atoms with Gasteiger partial charge in [-0.1, -0.05) is 38.5 Å². The van der Waals surface area contributed by atoms with Crippen LogP contribution in [0.2, 0.25) is 0 Å². The van der Waals surface area contributed by atoms with Gasteiger partial charge in [0.05, 0.1) is 5.69 Å². The number of nitrogens with one attached hydrogen (secondary N) is 1. The summed E-state index contributed by atoms with van der Waals surface area (Å²) < 4.78 is 0. The summed E-state index contributed by atoms with van der Waals surface area (Å²) in [6, 6.07) is 0. The first-order chi connectivity index (χ1) is 9.84. The smallest absolute Gasteiger partial charge is 0.254 e. The summed E-state index contributed by atoms with van der Waals surface area (Å²) in [5, 5.41) is 0. The number of rotatable bonds is 1. The highest BCUT2D eigenvalue weighted by molar-refractivity contribution is 5.20. The molecule has 110 valence electrons. The second-order valence-corrected chi connectivity index (χ2v) is 6.48. The van der Waals surface area contributed by atoms with Gasteiger partial charge in [-0.2, -0.15) is 0 Å². The highest BCUT2D eigenvalue weighted by Gasteiger charge is 2.20. The number of aromatic amines is 1. The summed E-state index contributed by atoms with van der Waals surface area (Å²) in [6.07, 6.45) is 14.5. The van der Waals surface area contributed by atoms with Crippen molar-refractivity contribution >= 4 is 0 Å². The quantitative estimate of drug-likeness (QED) is 0.790. The molecular weight excluding hydrogens is 248 g/mol. The van der Waals surface area contributed by atoms with Gasteiger partial charge in [-0.05, 0) is 38.5 Å². The summed E-state index contributed by atoms with van der Waals surface area (Å²) in [7, 11) is 0. The minimum atomic E-state index is 0.147. The Bertz CT molecular complexity index is 498. The summed E-state index contributed by atoms with van der Waals surface area (Å²) in [6.45, 7) is 0. The lowest BCUT2D eigenvalue weighted by Gasteiger charge is -2.19. The van der Waals surface area contributed by atoms with Crippen LogP contribution in [0.3, 0.4) is 0 Å². The molecule has 0 atom stereocenters. The minimum Gasteiger partial charge on any atom is -0.310 e. The molecule has 2 aliphatic rings. The van der Waals surface area contributed by atoms with Crippen LogP contribution in [-0.2, 0) is 12.8 Å². The second kappa shape index (κ2) is 6.55. The predicted octanol–water partition coefficient (Wildman–Crippen LogP) is 3.87. The summed E-state index contributed by atoms with van der Waals surface area (Å²) in [4.78, 5) is 20.3. The molecule has 2 aliphatic carbocycles. The van der Waals surface area contributed by atoms with Gasteiger partial charge in [0.2, 0.25) is 0 Å². The SMILES string of the molecule is O=c1[nH]c(C2CCCCCCC2)nc2c1CCCCC2. The zero-order valence-electron chi connectivity index (χ0n) is 12.4. The van der Waals surface area contributed by atoms with E-state index in [2.05, 4.69) is 4.98 Å². The Morgan fingerprint density at radius 2 is 1.50 bits per heavy atom. The van der Waals surface area contributed by atoms with E-state index in [1.807, 2.05) is 0 Å². The third-order valence-corrected chi connectivity index (χ3v) is 4.95. The fourth-order valence-electron chi connectivity index (χ4n) is 3.72. The van der Waals surface area contributed by atoms with E-state index in [-0.39, 0.29) is 5.56 Å². The van der Waals surface area contributed by atoms with Gasteiger partial charge in [-0.15, -0.1) is 0 Å². The highest BCUT2D eigenvalue weighted by atomic mass is 16.1. The van der Waals surface area contributed by atoms with Crippen molar-refractivity contribution < 1.29 is 0 Å². The van der Waals surface area contributed by atoms with Gasteiger partial charge < -0.3 is 4.98 Å². The molecule has 3 rings (SSSR count). The summed E-state index contributed by atoms with van der Waals surface area (Å²) >= 11 is 0. The van der Waals surface area contributed by atoms with E-state index in [4.69, 9.17) is 4.98 Å². The van der Waals surface area contributed by atoms with Crippen LogP contribution in [0.1, 0.15) is 87.2 Å². The van der Waals surface area contributed by atoms with Gasteiger partial charge in [-0.3, -0.25) is 4.79 Å². The second-order valence-electron chi connectivity index (χ2n) is 6.48. The lowest BCUT2D eigenvalue weighted by molar-refractivity contribution is 0.440. The number of fused-ring (bicyclic) bond motifs is 1. The Balaban J connectivity index is 1.87. The molecule has 0 bridgehead atoms. The van der Waals surface area contributed by atoms with Crippen LogP contribution < -0.4 is 5.56 Å². The average molecular weight is 274 g/mol. The molecule has 1 aromatic heterocycles. The first kappa shape index (κ1) is 13.8. The van der Waals surface area contributed by atoms with Crippen LogP contribution in [0.4, 0.5) is 0 Å². The Hall–Kier alpha value is -1.12. The normalized spacial score (nSPS) is 21.6. The number of aromatic nitrogens is 2. The first-order valence-electron chi connectivity index (χ1n) is 8.46. The Morgan fingerprint density at radius 1 is 0.850 bits per heavy atom. The highest BCUT2D eigenvalue weighted by Crippen LogP contribution is 2.29. The molecule has 0 unspecified atom stereocenters. The molecule has 0 aromatic carbocycles. The van der Waals surface area contributed by atoms with Crippen molar-refractivity contribution in [1.29, 1.82) is 0 Å². The maximum Gasteiger partial charge on any atom is 0.254 e. The molecule has 1 fully saturated rings. The zero-order valence-corrected chi connectivity index (χ0v) is 12.4. The van der Waals surface area contributed by atoms with E-state index < -0.39 is 0 Å². The zero-order chi connectivity index (χ0) is 13.8. The van der Waals surface area contributed by atoms with E-state index in [9.17, 15) is 4.79 Å². The van der Waals surface area contributed by atoms with E-state index in [0.717, 1.165) is 36.3 Å². The van der Waals surface area contributed by atoms with E-state index in [1.165, 1.54) is 57.8 Å². The molecule has 1 heterocycles. The summed E-state index contributed by atoms with van der Waals surface area (Å²) in [5.74, 6) is 1.47. The monoisotopic (exact) mass is 274 g/mol. The first-order valence-corrected chi connectivity index (χ1v) is 8.46. The van der Waals surface area contributed by atoms with Crippen LogP contribution in [0.25, 0.3) is 0 Å². The van der Waals surface area contributed by atoms with Crippen molar-refractivity contribution in [2.24, 2.45) is 0 Å². The van der Waals surface area contributed by atoms with Gasteiger partial charge in [0.25, 0.3) is 5.56 Å². The van der Waals surface area contributed by atoms with Crippen molar-refractivity contribution in [3.63, 3.8) is 0 Å². The van der Waals surface area contributed by atoms with Gasteiger partial charge in [0.1, 0.15) is 5.82 Å². The predicted molar refractivity (Wildman–Crippen MR) is 81.2 cm³/mol. The largest absolute Gasteiger partial charge is 0.310 e. The maximum atomic E-state index is 12.3. The number of hydrogen-bond acceptors (Lipinski definition) is 2. The van der Waals surface area contributed by atoms with Crippen molar-refractivity contribution in [3.05, 3.63) is 27.4 Å². The van der Waals surface area contributed by atoms with Gasteiger partial charge in [0, 0.05) is 11.5 Å². The number of nitrogens with zero attached hydrogens (tertiary/aromatic N) is 1. The molecule has 0 saturated heterocycles. The molecular formula is C17H26N2O. The standard InChI is InChI=1S/C17H26N2O/c20-17-14-11-7-4-8-12-15(14)18-16(19-17)13-9-5-2-1-3-6-10-13/h13H,1-12H2,(H,18,19,20). The Morgan fingerprint density at radius 3 is 2.30 bits per heavy atom. The molecule has 20 heavy (non-hydrogen) atoms. The van der Waals surface area contributed by atoms with Crippen LogP contribution in [-0.4, -0.2) is 9.97 Å². The van der Waals surface area contributed by atoms with Crippen LogP contribution in [0, 0.1) is 0 Å². The van der Waals surface area contributed by atoms with Crippen molar-refractivity contribution in [2.75, 3.05) is 0 Å². The van der Waals surface area contributed by atoms with Gasteiger partial charge >= 0.3 is 0 Å². The fraction of sp³-hybridized carbons (Fsp3) is 0.765. The topological polar surface area (TPSA) is 45.8 Å². The molecule has 3 heteroatoms. The van der Waals surface area contributed by atoms with Crippen molar-refractivity contribution in [1.82, 2.24) is 9.97 Å². The van der Waals surface area contributed by atoms with Gasteiger partial charge in [-0.25, -0.2) is 4.98 Å². The number of H-pyrrole nitrogens is 1. The molecule has 3 nitrogen and oxygen atoms in total. The summed E-state index contributed by atoms with van der Waals surface area (Å²) in [5.41, 5.74) is 2.22. The van der Waals surface area contributed by atoms with E-state index >= 15 is 0 Å².